The number of fused-ring (bicyclic) bond motifs is 2. The van der Waals surface area contributed by atoms with Crippen LogP contribution in [0.3, 0.4) is 0 Å². The zero-order valence-corrected chi connectivity index (χ0v) is 13.1. The Kier molecular flexibility index (Phi) is 3.73. The molecule has 2 aromatic carbocycles. The van der Waals surface area contributed by atoms with Crippen LogP contribution in [-0.4, -0.2) is 10.5 Å². The highest BCUT2D eigenvalue weighted by Crippen LogP contribution is 2.34. The van der Waals surface area contributed by atoms with Gasteiger partial charge < -0.3 is 5.32 Å². The van der Waals surface area contributed by atoms with Gasteiger partial charge in [0.2, 0.25) is 0 Å². The van der Waals surface area contributed by atoms with Gasteiger partial charge in [-0.1, -0.05) is 56.2 Å². The van der Waals surface area contributed by atoms with E-state index in [2.05, 4.69) is 37.2 Å². The van der Waals surface area contributed by atoms with E-state index < -0.39 is 0 Å². The average Bonchev–Trinajstić information content (AvgIpc) is 2.59. The van der Waals surface area contributed by atoms with Crippen molar-refractivity contribution in [3.8, 4) is 12.3 Å². The normalized spacial score (nSPS) is 11.5. The monoisotopic (exact) mass is 288 g/mol. The topological polar surface area (TPSA) is 24.9 Å². The van der Waals surface area contributed by atoms with Gasteiger partial charge in [-0.25, -0.2) is 4.98 Å². The van der Waals surface area contributed by atoms with Crippen molar-refractivity contribution in [2.24, 2.45) is 0 Å². The van der Waals surface area contributed by atoms with Crippen LogP contribution in [0.1, 0.15) is 26.7 Å². The van der Waals surface area contributed by atoms with Crippen LogP contribution >= 0.6 is 0 Å². The van der Waals surface area contributed by atoms with E-state index in [4.69, 9.17) is 11.4 Å². The van der Waals surface area contributed by atoms with E-state index in [-0.39, 0.29) is 5.54 Å². The van der Waals surface area contributed by atoms with Gasteiger partial charge in [-0.05, 0) is 25.0 Å². The molecule has 3 aromatic rings. The number of para-hydroxylation sites is 2. The first kappa shape index (κ1) is 14.4. The van der Waals surface area contributed by atoms with Crippen LogP contribution < -0.4 is 5.32 Å². The molecule has 0 fully saturated rings. The van der Waals surface area contributed by atoms with Gasteiger partial charge in [-0.2, -0.15) is 0 Å². The lowest BCUT2D eigenvalue weighted by atomic mass is 9.92. The van der Waals surface area contributed by atoms with Crippen molar-refractivity contribution in [2.45, 2.75) is 32.2 Å². The SMILES string of the molecule is C#CC(CC)(CC)Nc1c2ccccc2nc2ccccc12. The van der Waals surface area contributed by atoms with Crippen LogP contribution in [0.25, 0.3) is 21.8 Å². The standard InChI is InChI=1S/C20H20N2/c1-4-20(5-2,6-3)22-19-15-11-7-9-13-17(15)21-18-14-10-8-12-16(18)19/h1,7-14H,5-6H2,2-3H3,(H,21,22). The molecular weight excluding hydrogens is 268 g/mol. The van der Waals surface area contributed by atoms with Crippen molar-refractivity contribution >= 4 is 27.5 Å². The van der Waals surface area contributed by atoms with Crippen LogP contribution in [0.2, 0.25) is 0 Å². The maximum absolute atomic E-state index is 5.84. The van der Waals surface area contributed by atoms with Crippen molar-refractivity contribution in [1.82, 2.24) is 4.98 Å². The van der Waals surface area contributed by atoms with E-state index in [9.17, 15) is 0 Å². The fourth-order valence-electron chi connectivity index (χ4n) is 2.88. The summed E-state index contributed by atoms with van der Waals surface area (Å²) in [6, 6.07) is 16.4. The molecule has 22 heavy (non-hydrogen) atoms. The fourth-order valence-corrected chi connectivity index (χ4v) is 2.88. The number of terminal acetylenes is 1. The number of rotatable bonds is 4. The van der Waals surface area contributed by atoms with Crippen molar-refractivity contribution in [2.75, 3.05) is 5.32 Å². The van der Waals surface area contributed by atoms with Crippen molar-refractivity contribution in [1.29, 1.82) is 0 Å². The first-order chi connectivity index (χ1) is 10.7. The molecule has 0 saturated heterocycles. The number of pyridine rings is 1. The van der Waals surface area contributed by atoms with Gasteiger partial charge in [-0.3, -0.25) is 0 Å². The van der Waals surface area contributed by atoms with Crippen LogP contribution in [0.5, 0.6) is 0 Å². The second-order valence-electron chi connectivity index (χ2n) is 5.58. The summed E-state index contributed by atoms with van der Waals surface area (Å²) in [5, 5.41) is 5.88. The van der Waals surface area contributed by atoms with E-state index in [0.717, 1.165) is 40.3 Å². The second kappa shape index (κ2) is 5.69. The predicted molar refractivity (Wildman–Crippen MR) is 95.0 cm³/mol. The van der Waals surface area contributed by atoms with E-state index >= 15 is 0 Å². The molecule has 0 radical (unpaired) electrons. The first-order valence-corrected chi connectivity index (χ1v) is 7.76. The molecule has 0 amide bonds. The summed E-state index contributed by atoms with van der Waals surface area (Å²) in [5.74, 6) is 2.96. The minimum absolute atomic E-state index is 0.326. The molecule has 2 nitrogen and oxygen atoms in total. The van der Waals surface area contributed by atoms with Gasteiger partial charge >= 0.3 is 0 Å². The molecule has 0 saturated carbocycles. The highest BCUT2D eigenvalue weighted by Gasteiger charge is 2.24. The van der Waals surface area contributed by atoms with Gasteiger partial charge in [0, 0.05) is 10.8 Å². The Balaban J connectivity index is 2.31. The summed E-state index contributed by atoms with van der Waals surface area (Å²) in [5.41, 5.74) is 2.74. The van der Waals surface area contributed by atoms with E-state index in [1.165, 1.54) is 0 Å². The highest BCUT2D eigenvalue weighted by atomic mass is 15.0. The van der Waals surface area contributed by atoms with Gasteiger partial charge in [0.25, 0.3) is 0 Å². The molecule has 1 N–H and O–H groups in total. The number of nitrogens with zero attached hydrogens (tertiary/aromatic N) is 1. The number of hydrogen-bond acceptors (Lipinski definition) is 2. The summed E-state index contributed by atoms with van der Waals surface area (Å²) >= 11 is 0. The molecular formula is C20H20N2. The quantitative estimate of drug-likeness (QED) is 0.540. The van der Waals surface area contributed by atoms with Crippen LogP contribution in [0, 0.1) is 12.3 Å². The molecule has 1 heterocycles. The molecule has 0 aliphatic rings. The summed E-state index contributed by atoms with van der Waals surface area (Å²) < 4.78 is 0. The predicted octanol–water partition coefficient (Wildman–Crippen LogP) is 4.99. The van der Waals surface area contributed by atoms with Crippen LogP contribution in [0.4, 0.5) is 5.69 Å². The maximum Gasteiger partial charge on any atom is 0.0979 e. The van der Waals surface area contributed by atoms with Crippen molar-refractivity contribution in [3.05, 3.63) is 48.5 Å². The Morgan fingerprint density at radius 1 is 0.955 bits per heavy atom. The lowest BCUT2D eigenvalue weighted by molar-refractivity contribution is 0.557. The van der Waals surface area contributed by atoms with Gasteiger partial charge in [-0.15, -0.1) is 6.42 Å². The maximum atomic E-state index is 5.84. The molecule has 0 aliphatic carbocycles. The largest absolute Gasteiger partial charge is 0.368 e. The summed E-state index contributed by atoms with van der Waals surface area (Å²) in [4.78, 5) is 4.75. The number of nitrogens with one attached hydrogen (secondary N) is 1. The Hall–Kier alpha value is -2.53. The number of benzene rings is 2. The van der Waals surface area contributed by atoms with Gasteiger partial charge in [0.15, 0.2) is 0 Å². The van der Waals surface area contributed by atoms with Gasteiger partial charge in [0.1, 0.15) is 0 Å². The van der Waals surface area contributed by atoms with E-state index in [1.807, 2.05) is 36.4 Å². The first-order valence-electron chi connectivity index (χ1n) is 7.76. The third-order valence-corrected chi connectivity index (χ3v) is 4.44. The van der Waals surface area contributed by atoms with Crippen LogP contribution in [-0.2, 0) is 0 Å². The summed E-state index contributed by atoms with van der Waals surface area (Å²) in [6.07, 6.45) is 7.60. The lowest BCUT2D eigenvalue weighted by Crippen LogP contribution is -2.35. The third kappa shape index (κ3) is 2.29. The molecule has 110 valence electrons. The Morgan fingerprint density at radius 2 is 1.45 bits per heavy atom. The number of anilines is 1. The molecule has 0 aliphatic heterocycles. The van der Waals surface area contributed by atoms with E-state index in [0.29, 0.717) is 0 Å². The summed E-state index contributed by atoms with van der Waals surface area (Å²) in [7, 11) is 0. The lowest BCUT2D eigenvalue weighted by Gasteiger charge is -2.29. The zero-order chi connectivity index (χ0) is 15.6. The minimum Gasteiger partial charge on any atom is -0.368 e. The van der Waals surface area contributed by atoms with Crippen molar-refractivity contribution in [3.63, 3.8) is 0 Å². The zero-order valence-electron chi connectivity index (χ0n) is 13.1. The minimum atomic E-state index is -0.326. The molecule has 0 unspecified atom stereocenters. The molecule has 3 rings (SSSR count). The molecule has 0 atom stereocenters. The average molecular weight is 288 g/mol. The Labute approximate surface area is 131 Å². The number of aromatic nitrogens is 1. The van der Waals surface area contributed by atoms with Crippen LogP contribution in [0.15, 0.2) is 48.5 Å². The molecule has 0 spiro atoms. The van der Waals surface area contributed by atoms with Crippen molar-refractivity contribution < 1.29 is 0 Å². The smallest absolute Gasteiger partial charge is 0.0979 e. The fraction of sp³-hybridized carbons (Fsp3) is 0.250. The Morgan fingerprint density at radius 3 is 1.91 bits per heavy atom. The summed E-state index contributed by atoms with van der Waals surface area (Å²) in [6.45, 7) is 4.25. The highest BCUT2D eigenvalue weighted by molar-refractivity contribution is 6.07. The number of hydrogen-bond donors (Lipinski definition) is 1. The molecule has 0 bridgehead atoms. The van der Waals surface area contributed by atoms with Gasteiger partial charge in [0.05, 0.1) is 22.3 Å². The van der Waals surface area contributed by atoms with E-state index in [1.54, 1.807) is 0 Å². The Bertz CT molecular complexity index is 800. The molecule has 1 aromatic heterocycles. The molecule has 2 heteroatoms. The third-order valence-electron chi connectivity index (χ3n) is 4.44. The second-order valence-corrected chi connectivity index (χ2v) is 5.58.